The molecule has 1 aliphatic rings. The number of nitriles is 1. The summed E-state index contributed by atoms with van der Waals surface area (Å²) in [7, 11) is -2.17. The molecule has 26 heavy (non-hydrogen) atoms. The van der Waals surface area contributed by atoms with Gasteiger partial charge in [-0.25, -0.2) is 13.1 Å². The number of ether oxygens (including phenoxy) is 2. The molecule has 0 spiro atoms. The third kappa shape index (κ3) is 4.04. The maximum atomic E-state index is 12.7. The topological polar surface area (TPSA) is 106 Å². The van der Waals surface area contributed by atoms with Gasteiger partial charge in [0.25, 0.3) is 10.0 Å². The number of nitrogens with one attached hydrogen (secondary N) is 1. The van der Waals surface area contributed by atoms with Crippen molar-refractivity contribution in [3.8, 4) is 11.8 Å². The summed E-state index contributed by atoms with van der Waals surface area (Å²) < 4.78 is 40.8. The summed E-state index contributed by atoms with van der Waals surface area (Å²) in [5, 5.41) is 13.0. The monoisotopic (exact) mass is 376 g/mol. The lowest BCUT2D eigenvalue weighted by Gasteiger charge is -2.32. The van der Waals surface area contributed by atoms with Crippen molar-refractivity contribution in [1.29, 1.82) is 5.26 Å². The predicted molar refractivity (Wildman–Crippen MR) is 93.1 cm³/mol. The van der Waals surface area contributed by atoms with Crippen LogP contribution in [0.5, 0.6) is 5.75 Å². The molecule has 0 saturated carbocycles. The van der Waals surface area contributed by atoms with Gasteiger partial charge in [-0.3, -0.25) is 4.68 Å². The molecule has 8 nitrogen and oxygen atoms in total. The Morgan fingerprint density at radius 2 is 2.12 bits per heavy atom. The van der Waals surface area contributed by atoms with E-state index >= 15 is 0 Å². The molecule has 0 bridgehead atoms. The first kappa shape index (κ1) is 18.4. The second kappa shape index (κ2) is 7.45. The van der Waals surface area contributed by atoms with Crippen molar-refractivity contribution in [2.75, 3.05) is 13.2 Å². The van der Waals surface area contributed by atoms with E-state index in [-0.39, 0.29) is 17.7 Å². The molecule has 9 heteroatoms. The van der Waals surface area contributed by atoms with Crippen LogP contribution >= 0.6 is 0 Å². The Hall–Kier alpha value is -2.41. The Kier molecular flexibility index (Phi) is 5.27. The third-order valence-corrected chi connectivity index (χ3v) is 5.65. The zero-order valence-electron chi connectivity index (χ0n) is 14.5. The largest absolute Gasteiger partial charge is 0.489 e. The SMILES string of the molecule is Cc1cc(S(=O)(=O)N[C@@H]2COCC[C@H]2Oc2ccc(C#N)cc2)n(C)n1. The van der Waals surface area contributed by atoms with Crippen molar-refractivity contribution in [3.05, 3.63) is 41.6 Å². The number of hydrogen-bond donors (Lipinski definition) is 1. The molecule has 1 aromatic carbocycles. The minimum absolute atomic E-state index is 0.0951. The smallest absolute Gasteiger partial charge is 0.258 e. The molecule has 2 heterocycles. The standard InChI is InChI=1S/C17H20N4O4S/c1-12-9-17(21(2)19-12)26(22,23)20-15-11-24-8-7-16(15)25-14-5-3-13(10-18)4-6-14/h3-6,9,15-16,20H,7-8,11H2,1-2H3/t15-,16-/m1/s1. The van der Waals surface area contributed by atoms with Gasteiger partial charge in [0.05, 0.1) is 36.6 Å². The van der Waals surface area contributed by atoms with Gasteiger partial charge < -0.3 is 9.47 Å². The molecule has 1 aliphatic heterocycles. The van der Waals surface area contributed by atoms with Crippen LogP contribution in [-0.4, -0.2) is 43.6 Å². The van der Waals surface area contributed by atoms with Gasteiger partial charge in [0.15, 0.2) is 5.03 Å². The minimum Gasteiger partial charge on any atom is -0.489 e. The highest BCUT2D eigenvalue weighted by atomic mass is 32.2. The van der Waals surface area contributed by atoms with Crippen LogP contribution in [0.3, 0.4) is 0 Å². The van der Waals surface area contributed by atoms with Crippen molar-refractivity contribution >= 4 is 10.0 Å². The van der Waals surface area contributed by atoms with Gasteiger partial charge in [0.1, 0.15) is 11.9 Å². The zero-order valence-corrected chi connectivity index (χ0v) is 15.4. The molecule has 1 fully saturated rings. The number of aromatic nitrogens is 2. The van der Waals surface area contributed by atoms with Gasteiger partial charge in [-0.05, 0) is 37.3 Å². The first-order valence-corrected chi connectivity index (χ1v) is 9.65. The van der Waals surface area contributed by atoms with Crippen LogP contribution in [0.1, 0.15) is 17.7 Å². The van der Waals surface area contributed by atoms with Crippen LogP contribution < -0.4 is 9.46 Å². The van der Waals surface area contributed by atoms with E-state index in [1.807, 2.05) is 6.07 Å². The maximum absolute atomic E-state index is 12.7. The molecule has 138 valence electrons. The van der Waals surface area contributed by atoms with Crippen molar-refractivity contribution in [2.45, 2.75) is 30.5 Å². The second-order valence-electron chi connectivity index (χ2n) is 6.13. The van der Waals surface area contributed by atoms with E-state index in [4.69, 9.17) is 14.7 Å². The van der Waals surface area contributed by atoms with Gasteiger partial charge in [-0.2, -0.15) is 10.4 Å². The molecule has 2 aromatic rings. The summed E-state index contributed by atoms with van der Waals surface area (Å²) in [5.74, 6) is 0.580. The predicted octanol–water partition coefficient (Wildman–Crippen LogP) is 1.11. The quantitative estimate of drug-likeness (QED) is 0.838. The molecular formula is C17H20N4O4S. The molecule has 1 aromatic heterocycles. The van der Waals surface area contributed by atoms with Gasteiger partial charge >= 0.3 is 0 Å². The lowest BCUT2D eigenvalue weighted by Crippen LogP contribution is -2.51. The Balaban J connectivity index is 1.76. The van der Waals surface area contributed by atoms with Gasteiger partial charge in [0, 0.05) is 13.5 Å². The Morgan fingerprint density at radius 3 is 2.73 bits per heavy atom. The highest BCUT2D eigenvalue weighted by Crippen LogP contribution is 2.20. The summed E-state index contributed by atoms with van der Waals surface area (Å²) in [4.78, 5) is 0. The number of benzene rings is 1. The minimum atomic E-state index is -3.76. The zero-order chi connectivity index (χ0) is 18.7. The van der Waals surface area contributed by atoms with Gasteiger partial charge in [-0.1, -0.05) is 0 Å². The van der Waals surface area contributed by atoms with Crippen LogP contribution in [0.2, 0.25) is 0 Å². The molecule has 0 amide bonds. The lowest BCUT2D eigenvalue weighted by atomic mass is 10.1. The highest BCUT2D eigenvalue weighted by molar-refractivity contribution is 7.89. The summed E-state index contributed by atoms with van der Waals surface area (Å²) in [6, 6.07) is 9.75. The molecule has 0 radical (unpaired) electrons. The van der Waals surface area contributed by atoms with Crippen LogP contribution in [0.4, 0.5) is 0 Å². The Bertz CT molecular complexity index is 915. The summed E-state index contributed by atoms with van der Waals surface area (Å²) in [6.07, 6.45) is 0.179. The average molecular weight is 376 g/mol. The maximum Gasteiger partial charge on any atom is 0.258 e. The van der Waals surface area contributed by atoms with Crippen LogP contribution in [0, 0.1) is 18.3 Å². The highest BCUT2D eigenvalue weighted by Gasteiger charge is 2.33. The van der Waals surface area contributed by atoms with Crippen molar-refractivity contribution in [3.63, 3.8) is 0 Å². The summed E-state index contributed by atoms with van der Waals surface area (Å²) >= 11 is 0. The van der Waals surface area contributed by atoms with Crippen molar-refractivity contribution < 1.29 is 17.9 Å². The third-order valence-electron chi connectivity index (χ3n) is 4.10. The number of nitrogens with zero attached hydrogens (tertiary/aromatic N) is 3. The van der Waals surface area contributed by atoms with Crippen molar-refractivity contribution in [2.24, 2.45) is 7.05 Å². The van der Waals surface area contributed by atoms with Gasteiger partial charge in [0.2, 0.25) is 0 Å². The Morgan fingerprint density at radius 1 is 1.38 bits per heavy atom. The molecule has 3 rings (SSSR count). The van der Waals surface area contributed by atoms with E-state index < -0.39 is 16.1 Å². The molecule has 2 atom stereocenters. The first-order chi connectivity index (χ1) is 12.4. The van der Waals surface area contributed by atoms with Crippen molar-refractivity contribution in [1.82, 2.24) is 14.5 Å². The lowest BCUT2D eigenvalue weighted by molar-refractivity contribution is 0.00318. The molecule has 1 N–H and O–H groups in total. The number of rotatable bonds is 5. The first-order valence-electron chi connectivity index (χ1n) is 8.16. The van der Waals surface area contributed by atoms with Crippen LogP contribution in [-0.2, 0) is 21.8 Å². The van der Waals surface area contributed by atoms with E-state index in [2.05, 4.69) is 9.82 Å². The average Bonchev–Trinajstić information content (AvgIpc) is 2.96. The number of aryl methyl sites for hydroxylation is 2. The Labute approximate surface area is 152 Å². The van der Waals surface area contributed by atoms with E-state index in [0.717, 1.165) is 0 Å². The fourth-order valence-corrected chi connectivity index (χ4v) is 4.30. The van der Waals surface area contributed by atoms with E-state index in [9.17, 15) is 8.42 Å². The summed E-state index contributed by atoms with van der Waals surface area (Å²) in [6.45, 7) is 2.44. The molecule has 1 saturated heterocycles. The fourth-order valence-electron chi connectivity index (χ4n) is 2.85. The number of hydrogen-bond acceptors (Lipinski definition) is 6. The second-order valence-corrected chi connectivity index (χ2v) is 7.79. The fraction of sp³-hybridized carbons (Fsp3) is 0.412. The molecule has 0 unspecified atom stereocenters. The van der Waals surface area contributed by atoms with Crippen LogP contribution in [0.25, 0.3) is 0 Å². The number of sulfonamides is 1. The summed E-state index contributed by atoms with van der Waals surface area (Å²) in [5.41, 5.74) is 1.16. The van der Waals surface area contributed by atoms with E-state index in [1.165, 1.54) is 10.7 Å². The van der Waals surface area contributed by atoms with E-state index in [1.54, 1.807) is 38.2 Å². The van der Waals surface area contributed by atoms with Gasteiger partial charge in [-0.15, -0.1) is 0 Å². The molecular weight excluding hydrogens is 356 g/mol. The van der Waals surface area contributed by atoms with E-state index in [0.29, 0.717) is 30.0 Å². The van der Waals surface area contributed by atoms with Crippen LogP contribution in [0.15, 0.2) is 35.4 Å². The molecule has 0 aliphatic carbocycles. The normalized spacial score (nSPS) is 20.5.